The van der Waals surface area contributed by atoms with E-state index in [0.29, 0.717) is 17.9 Å². The summed E-state index contributed by atoms with van der Waals surface area (Å²) in [5, 5.41) is 6.53. The maximum absolute atomic E-state index is 11.8. The van der Waals surface area contributed by atoms with Crippen LogP contribution in [0.3, 0.4) is 0 Å². The first-order chi connectivity index (χ1) is 7.78. The largest absolute Gasteiger partial charge is 0.355 e. The third kappa shape index (κ3) is 2.24. The van der Waals surface area contributed by atoms with Crippen LogP contribution < -0.4 is 10.6 Å². The number of amides is 1. The van der Waals surface area contributed by atoms with Gasteiger partial charge in [-0.15, -0.1) is 0 Å². The predicted molar refractivity (Wildman–Crippen MR) is 63.0 cm³/mol. The zero-order chi connectivity index (χ0) is 11.0. The number of hydrogen-bond acceptors (Lipinski definition) is 2. The van der Waals surface area contributed by atoms with E-state index < -0.39 is 0 Å². The molecule has 1 unspecified atom stereocenters. The molecule has 0 spiro atoms. The third-order valence-electron chi connectivity index (χ3n) is 4.57. The molecule has 90 valence electrons. The maximum Gasteiger partial charge on any atom is 0.221 e. The first-order valence-corrected chi connectivity index (χ1v) is 6.79. The molecule has 2 aliphatic carbocycles. The molecule has 3 fully saturated rings. The number of carbonyl (C=O) groups excluding carboxylic acids is 1. The Labute approximate surface area is 97.4 Å². The van der Waals surface area contributed by atoms with E-state index in [0.717, 1.165) is 19.0 Å². The zero-order valence-electron chi connectivity index (χ0n) is 9.93. The second-order valence-electron chi connectivity index (χ2n) is 5.91. The minimum absolute atomic E-state index is 0.256. The number of rotatable bonds is 5. The molecule has 0 aromatic rings. The van der Waals surface area contributed by atoms with Gasteiger partial charge >= 0.3 is 0 Å². The third-order valence-corrected chi connectivity index (χ3v) is 4.57. The number of nitrogens with one attached hydrogen (secondary N) is 2. The van der Waals surface area contributed by atoms with Crippen molar-refractivity contribution < 1.29 is 4.79 Å². The molecule has 3 aliphatic rings. The summed E-state index contributed by atoms with van der Waals surface area (Å²) in [6.07, 6.45) is 8.57. The highest BCUT2D eigenvalue weighted by Crippen LogP contribution is 2.60. The van der Waals surface area contributed by atoms with Gasteiger partial charge in [0.2, 0.25) is 5.91 Å². The molecule has 3 heteroatoms. The van der Waals surface area contributed by atoms with Crippen LogP contribution in [0.15, 0.2) is 0 Å². The first-order valence-electron chi connectivity index (χ1n) is 6.79. The molecule has 1 heterocycles. The lowest BCUT2D eigenvalue weighted by molar-refractivity contribution is -0.121. The van der Waals surface area contributed by atoms with Gasteiger partial charge in [0.25, 0.3) is 0 Å². The van der Waals surface area contributed by atoms with Crippen LogP contribution in [0.1, 0.15) is 44.9 Å². The molecule has 1 atom stereocenters. The highest BCUT2D eigenvalue weighted by atomic mass is 16.1. The van der Waals surface area contributed by atoms with Crippen LogP contribution in [0, 0.1) is 11.3 Å². The second kappa shape index (κ2) is 4.02. The topological polar surface area (TPSA) is 41.1 Å². The van der Waals surface area contributed by atoms with Gasteiger partial charge < -0.3 is 10.6 Å². The summed E-state index contributed by atoms with van der Waals surface area (Å²) in [5.41, 5.74) is 0.540. The van der Waals surface area contributed by atoms with Gasteiger partial charge in [0, 0.05) is 19.0 Å². The Balaban J connectivity index is 1.39. The van der Waals surface area contributed by atoms with E-state index >= 15 is 0 Å². The average Bonchev–Trinajstić information content (AvgIpc) is 3.16. The van der Waals surface area contributed by atoms with Crippen molar-refractivity contribution in [3.63, 3.8) is 0 Å². The lowest BCUT2D eigenvalue weighted by atomic mass is 10.0. The first kappa shape index (κ1) is 10.6. The van der Waals surface area contributed by atoms with Crippen LogP contribution in [0.2, 0.25) is 0 Å². The standard InChI is InChI=1S/C13H22N2O/c16-12(8-11-2-1-7-14-11)15-9-13(5-6-13)10-3-4-10/h10-11,14H,1-9H2,(H,15,16). The quantitative estimate of drug-likeness (QED) is 0.739. The minimum atomic E-state index is 0.256. The zero-order valence-corrected chi connectivity index (χ0v) is 9.93. The summed E-state index contributed by atoms with van der Waals surface area (Å²) in [4.78, 5) is 11.8. The predicted octanol–water partition coefficient (Wildman–Crippen LogP) is 1.43. The van der Waals surface area contributed by atoms with E-state index in [1.165, 1.54) is 38.5 Å². The Bertz CT molecular complexity index is 276. The van der Waals surface area contributed by atoms with Crippen LogP contribution in [0.25, 0.3) is 0 Å². The Hall–Kier alpha value is -0.570. The lowest BCUT2D eigenvalue weighted by Crippen LogP contribution is -2.35. The van der Waals surface area contributed by atoms with Gasteiger partial charge in [0.1, 0.15) is 0 Å². The Kier molecular flexibility index (Phi) is 2.66. The summed E-state index contributed by atoms with van der Waals surface area (Å²) in [7, 11) is 0. The van der Waals surface area contributed by atoms with Crippen molar-refractivity contribution in [1.29, 1.82) is 0 Å². The Morgan fingerprint density at radius 2 is 2.12 bits per heavy atom. The van der Waals surface area contributed by atoms with E-state index in [9.17, 15) is 4.79 Å². The van der Waals surface area contributed by atoms with Gasteiger partial charge in [-0.3, -0.25) is 4.79 Å². The van der Waals surface area contributed by atoms with Crippen LogP contribution in [0.4, 0.5) is 0 Å². The van der Waals surface area contributed by atoms with Gasteiger partial charge in [0.15, 0.2) is 0 Å². The monoisotopic (exact) mass is 222 g/mol. The fraction of sp³-hybridized carbons (Fsp3) is 0.923. The number of carbonyl (C=O) groups is 1. The van der Waals surface area contributed by atoms with Crippen molar-refractivity contribution in [2.45, 2.75) is 51.0 Å². The molecule has 16 heavy (non-hydrogen) atoms. The van der Waals surface area contributed by atoms with E-state index in [-0.39, 0.29) is 5.91 Å². The average molecular weight is 222 g/mol. The lowest BCUT2D eigenvalue weighted by Gasteiger charge is -2.16. The highest BCUT2D eigenvalue weighted by Gasteiger charge is 2.53. The van der Waals surface area contributed by atoms with E-state index in [1.54, 1.807) is 0 Å². The molecule has 1 saturated heterocycles. The van der Waals surface area contributed by atoms with E-state index in [2.05, 4.69) is 10.6 Å². The summed E-state index contributed by atoms with van der Waals surface area (Å²) in [6, 6.07) is 0.441. The van der Waals surface area contributed by atoms with Gasteiger partial charge in [0.05, 0.1) is 0 Å². The van der Waals surface area contributed by atoms with Crippen LogP contribution in [0.5, 0.6) is 0 Å². The summed E-state index contributed by atoms with van der Waals surface area (Å²) >= 11 is 0. The fourth-order valence-corrected chi connectivity index (χ4v) is 3.09. The molecule has 0 aromatic carbocycles. The molecule has 0 aromatic heterocycles. The van der Waals surface area contributed by atoms with Gasteiger partial charge in [-0.25, -0.2) is 0 Å². The smallest absolute Gasteiger partial charge is 0.221 e. The molecule has 2 saturated carbocycles. The highest BCUT2D eigenvalue weighted by molar-refractivity contribution is 5.76. The number of hydrogen-bond donors (Lipinski definition) is 2. The molecular weight excluding hydrogens is 200 g/mol. The van der Waals surface area contributed by atoms with Gasteiger partial charge in [-0.1, -0.05) is 0 Å². The Morgan fingerprint density at radius 3 is 2.69 bits per heavy atom. The van der Waals surface area contributed by atoms with Gasteiger partial charge in [-0.2, -0.15) is 0 Å². The summed E-state index contributed by atoms with van der Waals surface area (Å²) in [5.74, 6) is 1.20. The summed E-state index contributed by atoms with van der Waals surface area (Å²) < 4.78 is 0. The molecule has 3 nitrogen and oxygen atoms in total. The molecule has 3 rings (SSSR count). The molecule has 1 aliphatic heterocycles. The molecule has 0 bridgehead atoms. The minimum Gasteiger partial charge on any atom is -0.355 e. The van der Waals surface area contributed by atoms with E-state index in [1.807, 2.05) is 0 Å². The van der Waals surface area contributed by atoms with Crippen LogP contribution in [-0.2, 0) is 4.79 Å². The SMILES string of the molecule is O=C(CC1CCCN1)NCC1(C2CC2)CC1. The van der Waals surface area contributed by atoms with Crippen molar-refractivity contribution in [1.82, 2.24) is 10.6 Å². The van der Waals surface area contributed by atoms with Crippen molar-refractivity contribution in [3.8, 4) is 0 Å². The van der Waals surface area contributed by atoms with Crippen molar-refractivity contribution in [2.75, 3.05) is 13.1 Å². The molecular formula is C13H22N2O. The Morgan fingerprint density at radius 1 is 1.31 bits per heavy atom. The summed E-state index contributed by atoms with van der Waals surface area (Å²) in [6.45, 7) is 2.03. The van der Waals surface area contributed by atoms with E-state index in [4.69, 9.17) is 0 Å². The maximum atomic E-state index is 11.8. The fourth-order valence-electron chi connectivity index (χ4n) is 3.09. The molecule has 0 radical (unpaired) electrons. The molecule has 1 amide bonds. The van der Waals surface area contributed by atoms with Crippen molar-refractivity contribution in [2.24, 2.45) is 11.3 Å². The second-order valence-corrected chi connectivity index (χ2v) is 5.91. The van der Waals surface area contributed by atoms with Crippen molar-refractivity contribution in [3.05, 3.63) is 0 Å². The van der Waals surface area contributed by atoms with Crippen LogP contribution >= 0.6 is 0 Å². The van der Waals surface area contributed by atoms with Crippen molar-refractivity contribution >= 4 is 5.91 Å². The molecule has 2 N–H and O–H groups in total. The normalized spacial score (nSPS) is 31.4. The van der Waals surface area contributed by atoms with Crippen LogP contribution in [-0.4, -0.2) is 25.0 Å². The van der Waals surface area contributed by atoms with Gasteiger partial charge in [-0.05, 0) is 56.4 Å².